The maximum atomic E-state index is 13.7. The van der Waals surface area contributed by atoms with E-state index in [1.807, 2.05) is 31.2 Å². The summed E-state index contributed by atoms with van der Waals surface area (Å²) in [5.74, 6) is 0.481. The van der Waals surface area contributed by atoms with Crippen molar-refractivity contribution in [2.75, 3.05) is 18.5 Å². The van der Waals surface area contributed by atoms with Crippen molar-refractivity contribution in [2.45, 2.75) is 13.0 Å². The number of hydrogen-bond acceptors (Lipinski definition) is 3. The number of anilines is 1. The van der Waals surface area contributed by atoms with Crippen molar-refractivity contribution < 1.29 is 9.13 Å². The summed E-state index contributed by atoms with van der Waals surface area (Å²) in [4.78, 5) is 0. The molecule has 2 aromatic carbocycles. The molecule has 1 atom stereocenters. The predicted molar refractivity (Wildman–Crippen MR) is 79.4 cm³/mol. The molecule has 0 heterocycles. The number of para-hydroxylation sites is 2. The van der Waals surface area contributed by atoms with Crippen molar-refractivity contribution in [2.24, 2.45) is 5.73 Å². The molecule has 0 fully saturated rings. The van der Waals surface area contributed by atoms with E-state index in [2.05, 4.69) is 5.32 Å². The quantitative estimate of drug-likeness (QED) is 0.849. The molecule has 1 unspecified atom stereocenters. The Morgan fingerprint density at radius 1 is 1.15 bits per heavy atom. The van der Waals surface area contributed by atoms with Crippen LogP contribution in [0.5, 0.6) is 5.75 Å². The Kier molecular flexibility index (Phi) is 4.96. The van der Waals surface area contributed by atoms with Crippen molar-refractivity contribution >= 4 is 5.69 Å². The zero-order chi connectivity index (χ0) is 14.4. The highest BCUT2D eigenvalue weighted by atomic mass is 19.1. The summed E-state index contributed by atoms with van der Waals surface area (Å²) in [6.45, 7) is 2.85. The van der Waals surface area contributed by atoms with Gasteiger partial charge in [-0.3, -0.25) is 0 Å². The molecule has 3 nitrogen and oxygen atoms in total. The van der Waals surface area contributed by atoms with Crippen LogP contribution >= 0.6 is 0 Å². The van der Waals surface area contributed by atoms with Crippen LogP contribution in [0.1, 0.15) is 18.5 Å². The normalized spacial score (nSPS) is 11.9. The minimum atomic E-state index is -0.292. The van der Waals surface area contributed by atoms with E-state index in [0.29, 0.717) is 18.8 Å². The maximum absolute atomic E-state index is 13.7. The second kappa shape index (κ2) is 6.91. The molecule has 0 aliphatic rings. The average molecular weight is 274 g/mol. The largest absolute Gasteiger partial charge is 0.494 e. The summed E-state index contributed by atoms with van der Waals surface area (Å²) in [5, 5.41) is 3.13. The Morgan fingerprint density at radius 2 is 1.85 bits per heavy atom. The van der Waals surface area contributed by atoms with E-state index in [1.54, 1.807) is 18.2 Å². The van der Waals surface area contributed by atoms with Crippen molar-refractivity contribution in [3.8, 4) is 5.75 Å². The third-order valence-corrected chi connectivity index (χ3v) is 3.03. The fourth-order valence-corrected chi connectivity index (χ4v) is 2.08. The highest BCUT2D eigenvalue weighted by Crippen LogP contribution is 2.28. The van der Waals surface area contributed by atoms with Crippen molar-refractivity contribution in [1.29, 1.82) is 0 Å². The number of benzene rings is 2. The first kappa shape index (κ1) is 14.3. The third kappa shape index (κ3) is 3.27. The molecule has 0 amide bonds. The van der Waals surface area contributed by atoms with Gasteiger partial charge in [-0.25, -0.2) is 4.39 Å². The molecule has 0 radical (unpaired) electrons. The van der Waals surface area contributed by atoms with Crippen LogP contribution in [0.3, 0.4) is 0 Å². The van der Waals surface area contributed by atoms with Crippen molar-refractivity contribution in [1.82, 2.24) is 0 Å². The van der Waals surface area contributed by atoms with Crippen LogP contribution in [0.15, 0.2) is 48.5 Å². The number of nitrogens with one attached hydrogen (secondary N) is 1. The van der Waals surface area contributed by atoms with Crippen LogP contribution < -0.4 is 15.8 Å². The smallest absolute Gasteiger partial charge is 0.146 e. The number of hydrogen-bond donors (Lipinski definition) is 2. The molecule has 0 aliphatic carbocycles. The zero-order valence-corrected chi connectivity index (χ0v) is 11.5. The van der Waals surface area contributed by atoms with E-state index >= 15 is 0 Å². The molecule has 106 valence electrons. The average Bonchev–Trinajstić information content (AvgIpc) is 2.48. The molecule has 0 spiro atoms. The van der Waals surface area contributed by atoms with Crippen LogP contribution in [0.25, 0.3) is 0 Å². The maximum Gasteiger partial charge on any atom is 0.146 e. The van der Waals surface area contributed by atoms with Crippen LogP contribution in [0.2, 0.25) is 0 Å². The number of ether oxygens (including phenoxy) is 1. The summed E-state index contributed by atoms with van der Waals surface area (Å²) in [6.07, 6.45) is 0. The summed E-state index contributed by atoms with van der Waals surface area (Å²) < 4.78 is 19.3. The molecule has 3 N–H and O–H groups in total. The van der Waals surface area contributed by atoms with Gasteiger partial charge < -0.3 is 15.8 Å². The van der Waals surface area contributed by atoms with E-state index in [9.17, 15) is 4.39 Å². The Balaban J connectivity index is 2.27. The van der Waals surface area contributed by atoms with E-state index in [1.165, 1.54) is 6.07 Å². The van der Waals surface area contributed by atoms with Gasteiger partial charge in [0.2, 0.25) is 0 Å². The lowest BCUT2D eigenvalue weighted by Crippen LogP contribution is -2.21. The molecule has 2 rings (SSSR count). The molecule has 20 heavy (non-hydrogen) atoms. The van der Waals surface area contributed by atoms with Gasteiger partial charge in [-0.05, 0) is 25.1 Å². The van der Waals surface area contributed by atoms with Gasteiger partial charge in [-0.1, -0.05) is 30.3 Å². The SMILES string of the molecule is CCOc1ccccc1C(CN)Nc1ccccc1F. The Labute approximate surface area is 118 Å². The Hall–Kier alpha value is -2.07. The summed E-state index contributed by atoms with van der Waals surface area (Å²) in [6, 6.07) is 14.0. The van der Waals surface area contributed by atoms with Crippen LogP contribution in [0.4, 0.5) is 10.1 Å². The van der Waals surface area contributed by atoms with E-state index < -0.39 is 0 Å². The first-order valence-corrected chi connectivity index (χ1v) is 6.69. The van der Waals surface area contributed by atoms with Crippen LogP contribution in [-0.4, -0.2) is 13.2 Å². The standard InChI is InChI=1S/C16H19FN2O/c1-2-20-16-10-6-3-7-12(16)15(11-18)19-14-9-5-4-8-13(14)17/h3-10,15,19H,2,11,18H2,1H3. The summed E-state index contributed by atoms with van der Waals surface area (Å²) in [7, 11) is 0. The number of nitrogens with two attached hydrogens (primary N) is 1. The lowest BCUT2D eigenvalue weighted by molar-refractivity contribution is 0.335. The first-order chi connectivity index (χ1) is 9.76. The molecular weight excluding hydrogens is 255 g/mol. The lowest BCUT2D eigenvalue weighted by atomic mass is 10.1. The molecule has 0 bridgehead atoms. The molecular formula is C16H19FN2O. The Morgan fingerprint density at radius 3 is 2.55 bits per heavy atom. The van der Waals surface area contributed by atoms with Gasteiger partial charge in [0.25, 0.3) is 0 Å². The van der Waals surface area contributed by atoms with E-state index in [0.717, 1.165) is 11.3 Å². The second-order valence-corrected chi connectivity index (χ2v) is 4.38. The van der Waals surface area contributed by atoms with E-state index in [4.69, 9.17) is 10.5 Å². The highest BCUT2D eigenvalue weighted by molar-refractivity contribution is 5.49. The van der Waals surface area contributed by atoms with Gasteiger partial charge in [0.05, 0.1) is 18.3 Å². The predicted octanol–water partition coefficient (Wildman–Crippen LogP) is 3.34. The van der Waals surface area contributed by atoms with Gasteiger partial charge >= 0.3 is 0 Å². The van der Waals surface area contributed by atoms with Crippen LogP contribution in [-0.2, 0) is 0 Å². The van der Waals surface area contributed by atoms with Gasteiger partial charge in [-0.2, -0.15) is 0 Å². The van der Waals surface area contributed by atoms with Crippen LogP contribution in [0, 0.1) is 5.82 Å². The summed E-state index contributed by atoms with van der Waals surface area (Å²) >= 11 is 0. The lowest BCUT2D eigenvalue weighted by Gasteiger charge is -2.21. The molecule has 0 aliphatic heterocycles. The molecule has 0 saturated carbocycles. The third-order valence-electron chi connectivity index (χ3n) is 3.03. The molecule has 4 heteroatoms. The fraction of sp³-hybridized carbons (Fsp3) is 0.250. The zero-order valence-electron chi connectivity index (χ0n) is 11.5. The Bertz CT molecular complexity index is 560. The number of rotatable bonds is 6. The number of halogens is 1. The highest BCUT2D eigenvalue weighted by Gasteiger charge is 2.15. The monoisotopic (exact) mass is 274 g/mol. The van der Waals surface area contributed by atoms with Gasteiger partial charge in [-0.15, -0.1) is 0 Å². The second-order valence-electron chi connectivity index (χ2n) is 4.38. The van der Waals surface area contributed by atoms with Crippen molar-refractivity contribution in [3.63, 3.8) is 0 Å². The minimum Gasteiger partial charge on any atom is -0.494 e. The topological polar surface area (TPSA) is 47.3 Å². The minimum absolute atomic E-state index is 0.199. The summed E-state index contributed by atoms with van der Waals surface area (Å²) in [5.41, 5.74) is 7.20. The van der Waals surface area contributed by atoms with E-state index in [-0.39, 0.29) is 11.9 Å². The van der Waals surface area contributed by atoms with Crippen molar-refractivity contribution in [3.05, 3.63) is 59.9 Å². The van der Waals surface area contributed by atoms with Gasteiger partial charge in [0, 0.05) is 12.1 Å². The molecule has 0 saturated heterocycles. The molecule has 2 aromatic rings. The first-order valence-electron chi connectivity index (χ1n) is 6.69. The van der Waals surface area contributed by atoms with Gasteiger partial charge in [0.15, 0.2) is 0 Å². The molecule has 0 aromatic heterocycles. The van der Waals surface area contributed by atoms with Gasteiger partial charge in [0.1, 0.15) is 11.6 Å². The fourth-order valence-electron chi connectivity index (χ4n) is 2.08.